The minimum Gasteiger partial charge on any atom is -0.383 e. The Morgan fingerprint density at radius 1 is 1.24 bits per heavy atom. The monoisotopic (exact) mass is 494 g/mol. The lowest BCUT2D eigenvalue weighted by molar-refractivity contribution is -0.181. The van der Waals surface area contributed by atoms with Gasteiger partial charge in [-0.3, -0.25) is 4.79 Å². The molecule has 1 N–H and O–H groups in total. The molecule has 0 bridgehead atoms. The average Bonchev–Trinajstić information content (AvgIpc) is 3.48. The molecular weight excluding hydrogens is 468 g/mol. The third-order valence-corrected chi connectivity index (χ3v) is 6.76. The predicted molar refractivity (Wildman–Crippen MR) is 125 cm³/mol. The van der Waals surface area contributed by atoms with E-state index in [1.807, 2.05) is 0 Å². The van der Waals surface area contributed by atoms with Crippen molar-refractivity contribution in [3.63, 3.8) is 0 Å². The Kier molecular flexibility index (Phi) is 7.82. The zero-order chi connectivity index (χ0) is 23.3. The number of halogens is 1. The minimum absolute atomic E-state index is 0.112. The van der Waals surface area contributed by atoms with Gasteiger partial charge < -0.3 is 29.3 Å². The summed E-state index contributed by atoms with van der Waals surface area (Å²) in [5.41, 5.74) is 1.03. The van der Waals surface area contributed by atoms with Crippen molar-refractivity contribution in [2.75, 3.05) is 51.9 Å². The van der Waals surface area contributed by atoms with Crippen LogP contribution in [0.3, 0.4) is 0 Å². The Morgan fingerprint density at radius 2 is 1.94 bits per heavy atom. The molecule has 2 fully saturated rings. The molecule has 0 aliphatic carbocycles. The second kappa shape index (κ2) is 10.8. The van der Waals surface area contributed by atoms with Crippen molar-refractivity contribution in [3.8, 4) is 0 Å². The van der Waals surface area contributed by atoms with Gasteiger partial charge in [-0.2, -0.15) is 0 Å². The average molecular weight is 495 g/mol. The summed E-state index contributed by atoms with van der Waals surface area (Å²) in [5, 5.41) is 5.87. The van der Waals surface area contributed by atoms with Gasteiger partial charge in [0.2, 0.25) is 0 Å². The van der Waals surface area contributed by atoms with E-state index in [4.69, 9.17) is 25.8 Å². The summed E-state index contributed by atoms with van der Waals surface area (Å²) < 4.78 is 16.6. The molecule has 178 valence electrons. The van der Waals surface area contributed by atoms with E-state index in [0.29, 0.717) is 73.7 Å². The molecule has 0 saturated carbocycles. The fourth-order valence-corrected chi connectivity index (χ4v) is 4.74. The molecule has 2 aliphatic heterocycles. The van der Waals surface area contributed by atoms with Crippen molar-refractivity contribution in [1.82, 2.24) is 14.8 Å². The van der Waals surface area contributed by atoms with E-state index in [2.05, 4.69) is 10.3 Å². The van der Waals surface area contributed by atoms with Crippen LogP contribution in [0, 0.1) is 0 Å². The number of urea groups is 1. The van der Waals surface area contributed by atoms with Crippen molar-refractivity contribution >= 4 is 40.6 Å². The first-order valence-electron chi connectivity index (χ1n) is 10.8. The molecule has 2 aliphatic rings. The van der Waals surface area contributed by atoms with Gasteiger partial charge in [0, 0.05) is 55.7 Å². The van der Waals surface area contributed by atoms with Crippen LogP contribution < -0.4 is 5.32 Å². The maximum atomic E-state index is 12.9. The predicted octanol–water partition coefficient (Wildman–Crippen LogP) is 3.46. The molecule has 1 aromatic carbocycles. The molecule has 0 unspecified atom stereocenters. The number of methoxy groups -OCH3 is 1. The summed E-state index contributed by atoms with van der Waals surface area (Å²) in [4.78, 5) is 33.7. The van der Waals surface area contributed by atoms with Crippen LogP contribution in [-0.2, 0) is 20.8 Å². The van der Waals surface area contributed by atoms with Crippen LogP contribution in [-0.4, -0.2) is 79.1 Å². The number of nitrogens with zero attached hydrogens (tertiary/aromatic N) is 3. The number of hydrogen-bond donors (Lipinski definition) is 1. The summed E-state index contributed by atoms with van der Waals surface area (Å²) in [5.74, 6) is -0.636. The van der Waals surface area contributed by atoms with E-state index in [1.165, 1.54) is 11.3 Å². The van der Waals surface area contributed by atoms with Gasteiger partial charge >= 0.3 is 6.03 Å². The highest BCUT2D eigenvalue weighted by Gasteiger charge is 2.41. The molecular formula is C22H27ClN4O5S. The van der Waals surface area contributed by atoms with Gasteiger partial charge in [0.05, 0.1) is 26.4 Å². The van der Waals surface area contributed by atoms with E-state index in [0.717, 1.165) is 0 Å². The lowest BCUT2D eigenvalue weighted by Gasteiger charge is -2.37. The number of benzene rings is 1. The smallest absolute Gasteiger partial charge is 0.322 e. The van der Waals surface area contributed by atoms with Crippen LogP contribution in [0.4, 0.5) is 10.5 Å². The van der Waals surface area contributed by atoms with E-state index < -0.39 is 5.79 Å². The van der Waals surface area contributed by atoms with Gasteiger partial charge in [-0.25, -0.2) is 9.78 Å². The van der Waals surface area contributed by atoms with E-state index in [9.17, 15) is 9.59 Å². The zero-order valence-corrected chi connectivity index (χ0v) is 20.0. The standard InChI is InChI=1S/C22H27ClN4O5S/c1-30-11-10-27(21(29)24-17-4-2-16(23)3-5-17)14-19-25-18(15-33-19)20(28)26-8-6-22(7-9-26)31-12-13-32-22/h2-5,15H,6-14H2,1H3,(H,24,29). The number of nitrogens with one attached hydrogen (secondary N) is 1. The number of carbonyl (C=O) groups is 2. The van der Waals surface area contributed by atoms with Crippen molar-refractivity contribution < 1.29 is 23.8 Å². The van der Waals surface area contributed by atoms with Crippen molar-refractivity contribution in [3.05, 3.63) is 45.4 Å². The minimum atomic E-state index is -0.524. The Balaban J connectivity index is 1.36. The SMILES string of the molecule is COCCN(Cc1nc(C(=O)N2CCC3(CC2)OCCO3)cs1)C(=O)Nc1ccc(Cl)cc1. The molecule has 3 amide bonds. The maximum absolute atomic E-state index is 12.9. The van der Waals surface area contributed by atoms with Crippen LogP contribution in [0.2, 0.25) is 5.02 Å². The van der Waals surface area contributed by atoms with Gasteiger partial charge in [0.1, 0.15) is 10.7 Å². The molecule has 11 heteroatoms. The van der Waals surface area contributed by atoms with E-state index in [1.54, 1.807) is 46.6 Å². The number of aromatic nitrogens is 1. The molecule has 33 heavy (non-hydrogen) atoms. The van der Waals surface area contributed by atoms with Gasteiger partial charge in [-0.1, -0.05) is 11.6 Å². The highest BCUT2D eigenvalue weighted by molar-refractivity contribution is 7.09. The molecule has 2 aromatic rings. The number of ether oxygens (including phenoxy) is 3. The molecule has 1 spiro atoms. The number of rotatable bonds is 7. The van der Waals surface area contributed by atoms with Crippen LogP contribution >= 0.6 is 22.9 Å². The summed E-state index contributed by atoms with van der Waals surface area (Å²) in [6.45, 7) is 3.37. The number of carbonyl (C=O) groups excluding carboxylic acids is 2. The van der Waals surface area contributed by atoms with Crippen molar-refractivity contribution in [2.45, 2.75) is 25.2 Å². The summed E-state index contributed by atoms with van der Waals surface area (Å²) in [6, 6.07) is 6.61. The second-order valence-corrected chi connectivity index (χ2v) is 9.26. The molecule has 3 heterocycles. The third-order valence-electron chi connectivity index (χ3n) is 5.67. The molecule has 1 aromatic heterocycles. The van der Waals surface area contributed by atoms with Crippen LogP contribution in [0.25, 0.3) is 0 Å². The maximum Gasteiger partial charge on any atom is 0.322 e. The number of thiazole rings is 1. The Hall–Kier alpha value is -2.24. The zero-order valence-electron chi connectivity index (χ0n) is 18.4. The fourth-order valence-electron chi connectivity index (χ4n) is 3.83. The molecule has 4 rings (SSSR count). The van der Waals surface area contributed by atoms with E-state index in [-0.39, 0.29) is 18.5 Å². The normalized spacial score (nSPS) is 17.3. The highest BCUT2D eigenvalue weighted by atomic mass is 35.5. The van der Waals surface area contributed by atoms with Crippen LogP contribution in [0.1, 0.15) is 28.3 Å². The number of hydrogen-bond acceptors (Lipinski definition) is 7. The molecule has 0 radical (unpaired) electrons. The van der Waals surface area contributed by atoms with Crippen LogP contribution in [0.15, 0.2) is 29.6 Å². The Bertz CT molecular complexity index is 954. The summed E-state index contributed by atoms with van der Waals surface area (Å²) in [6.07, 6.45) is 1.32. The van der Waals surface area contributed by atoms with E-state index >= 15 is 0 Å². The number of anilines is 1. The lowest BCUT2D eigenvalue weighted by atomic mass is 10.0. The first-order valence-corrected chi connectivity index (χ1v) is 12.1. The molecule has 9 nitrogen and oxygen atoms in total. The van der Waals surface area contributed by atoms with Gasteiger partial charge in [0.15, 0.2) is 5.79 Å². The summed E-state index contributed by atoms with van der Waals surface area (Å²) >= 11 is 7.27. The topological polar surface area (TPSA) is 93.2 Å². The number of piperidine rings is 1. The largest absolute Gasteiger partial charge is 0.383 e. The first kappa shape index (κ1) is 23.9. The van der Waals surface area contributed by atoms with Gasteiger partial charge in [-0.15, -0.1) is 11.3 Å². The lowest BCUT2D eigenvalue weighted by Crippen LogP contribution is -2.47. The van der Waals surface area contributed by atoms with Crippen molar-refractivity contribution in [1.29, 1.82) is 0 Å². The summed E-state index contributed by atoms with van der Waals surface area (Å²) in [7, 11) is 1.58. The number of likely N-dealkylation sites (tertiary alicyclic amines) is 1. The first-order chi connectivity index (χ1) is 16.0. The van der Waals surface area contributed by atoms with Crippen molar-refractivity contribution in [2.24, 2.45) is 0 Å². The third kappa shape index (κ3) is 6.01. The quantitative estimate of drug-likeness (QED) is 0.633. The fraction of sp³-hybridized carbons (Fsp3) is 0.500. The molecule has 2 saturated heterocycles. The highest BCUT2D eigenvalue weighted by Crippen LogP contribution is 2.31. The Labute approximate surface area is 201 Å². The van der Waals surface area contributed by atoms with Gasteiger partial charge in [-0.05, 0) is 24.3 Å². The second-order valence-electron chi connectivity index (χ2n) is 7.88. The molecule has 0 atom stereocenters. The van der Waals surface area contributed by atoms with Crippen LogP contribution in [0.5, 0.6) is 0 Å². The number of amides is 3. The Morgan fingerprint density at radius 3 is 2.61 bits per heavy atom. The van der Waals surface area contributed by atoms with Gasteiger partial charge in [0.25, 0.3) is 5.91 Å².